The van der Waals surface area contributed by atoms with Crippen LogP contribution in [0.15, 0.2) is 77.9 Å². The second kappa shape index (κ2) is 8.56. The number of nitrogens with one attached hydrogen (secondary N) is 1. The molecule has 3 rings (SSSR count). The summed E-state index contributed by atoms with van der Waals surface area (Å²) in [7, 11) is 0. The summed E-state index contributed by atoms with van der Waals surface area (Å²) >= 11 is 11.9. The average molecular weight is 371 g/mol. The van der Waals surface area contributed by atoms with Gasteiger partial charge in [-0.3, -0.25) is 5.43 Å². The fourth-order valence-corrected chi connectivity index (χ4v) is 2.49. The molecule has 0 bridgehead atoms. The maximum absolute atomic E-state index is 5.99. The molecule has 0 aromatic heterocycles. The zero-order chi connectivity index (χ0) is 17.5. The van der Waals surface area contributed by atoms with Crippen molar-refractivity contribution < 1.29 is 4.74 Å². The van der Waals surface area contributed by atoms with Gasteiger partial charge in [0, 0.05) is 5.56 Å². The van der Waals surface area contributed by atoms with E-state index in [1.165, 1.54) is 0 Å². The molecule has 0 spiro atoms. The molecule has 25 heavy (non-hydrogen) atoms. The number of ether oxygens (including phenoxy) is 1. The van der Waals surface area contributed by atoms with Crippen LogP contribution in [0.4, 0.5) is 5.69 Å². The highest BCUT2D eigenvalue weighted by Crippen LogP contribution is 2.25. The predicted molar refractivity (Wildman–Crippen MR) is 105 cm³/mol. The highest BCUT2D eigenvalue weighted by molar-refractivity contribution is 6.42. The van der Waals surface area contributed by atoms with Gasteiger partial charge >= 0.3 is 0 Å². The second-order valence-corrected chi connectivity index (χ2v) is 6.13. The van der Waals surface area contributed by atoms with E-state index >= 15 is 0 Å². The molecule has 0 unspecified atom stereocenters. The molecule has 0 fully saturated rings. The van der Waals surface area contributed by atoms with Gasteiger partial charge in [-0.1, -0.05) is 65.7 Å². The Morgan fingerprint density at radius 1 is 0.880 bits per heavy atom. The molecule has 3 nitrogen and oxygen atoms in total. The second-order valence-electron chi connectivity index (χ2n) is 5.31. The number of halogens is 2. The van der Waals surface area contributed by atoms with E-state index in [1.807, 2.05) is 60.7 Å². The first-order valence-electron chi connectivity index (χ1n) is 7.72. The fraction of sp³-hybridized carbons (Fsp3) is 0.0500. The Balaban J connectivity index is 1.66. The van der Waals surface area contributed by atoms with E-state index in [2.05, 4.69) is 10.5 Å². The number of para-hydroxylation sites is 1. The average Bonchev–Trinajstić information content (AvgIpc) is 2.65. The fourth-order valence-electron chi connectivity index (χ4n) is 2.20. The third-order valence-electron chi connectivity index (χ3n) is 3.47. The zero-order valence-electron chi connectivity index (χ0n) is 13.3. The van der Waals surface area contributed by atoms with E-state index in [-0.39, 0.29) is 0 Å². The molecule has 1 N–H and O–H groups in total. The molecule has 0 saturated carbocycles. The standard InChI is InChI=1S/C20H16Cl2N2O/c21-18-11-10-17(12-19(18)22)24-23-13-16-8-4-5-9-20(16)25-14-15-6-2-1-3-7-15/h1-13,24H,14H2. The summed E-state index contributed by atoms with van der Waals surface area (Å²) in [6.07, 6.45) is 1.71. The van der Waals surface area contributed by atoms with Crippen LogP contribution in [0.25, 0.3) is 0 Å². The summed E-state index contributed by atoms with van der Waals surface area (Å²) in [6.45, 7) is 0.506. The van der Waals surface area contributed by atoms with Gasteiger partial charge in [0.1, 0.15) is 12.4 Å². The van der Waals surface area contributed by atoms with Gasteiger partial charge in [-0.25, -0.2) is 0 Å². The lowest BCUT2D eigenvalue weighted by Crippen LogP contribution is -1.99. The number of benzene rings is 3. The van der Waals surface area contributed by atoms with Crippen molar-refractivity contribution in [3.8, 4) is 5.75 Å². The molecule has 5 heteroatoms. The quantitative estimate of drug-likeness (QED) is 0.425. The number of nitrogens with zero attached hydrogens (tertiary/aromatic N) is 1. The first kappa shape index (κ1) is 17.3. The highest BCUT2D eigenvalue weighted by Gasteiger charge is 2.02. The molecule has 0 atom stereocenters. The lowest BCUT2D eigenvalue weighted by Gasteiger charge is -2.09. The van der Waals surface area contributed by atoms with E-state index < -0.39 is 0 Å². The minimum absolute atomic E-state index is 0.480. The van der Waals surface area contributed by atoms with Crippen molar-refractivity contribution in [2.45, 2.75) is 6.61 Å². The molecule has 0 aliphatic heterocycles. The molecule has 0 aliphatic carbocycles. The minimum atomic E-state index is 0.480. The zero-order valence-corrected chi connectivity index (χ0v) is 14.8. The van der Waals surface area contributed by atoms with Gasteiger partial charge in [0.15, 0.2) is 0 Å². The molecule has 0 saturated heterocycles. The van der Waals surface area contributed by atoms with Crippen molar-refractivity contribution in [3.63, 3.8) is 0 Å². The van der Waals surface area contributed by atoms with Crippen LogP contribution in [-0.4, -0.2) is 6.21 Å². The summed E-state index contributed by atoms with van der Waals surface area (Å²) < 4.78 is 5.90. The summed E-state index contributed by atoms with van der Waals surface area (Å²) in [5.41, 5.74) is 5.69. The van der Waals surface area contributed by atoms with Crippen LogP contribution in [0, 0.1) is 0 Å². The van der Waals surface area contributed by atoms with Gasteiger partial charge in [-0.05, 0) is 35.9 Å². The molecule has 0 radical (unpaired) electrons. The van der Waals surface area contributed by atoms with Crippen LogP contribution in [0.3, 0.4) is 0 Å². The first-order chi connectivity index (χ1) is 12.2. The summed E-state index contributed by atoms with van der Waals surface area (Å²) in [4.78, 5) is 0. The van der Waals surface area contributed by atoms with Crippen molar-refractivity contribution in [2.75, 3.05) is 5.43 Å². The van der Waals surface area contributed by atoms with Crippen LogP contribution < -0.4 is 10.2 Å². The van der Waals surface area contributed by atoms with Crippen LogP contribution in [-0.2, 0) is 6.61 Å². The maximum atomic E-state index is 5.99. The van der Waals surface area contributed by atoms with E-state index in [4.69, 9.17) is 27.9 Å². The van der Waals surface area contributed by atoms with Gasteiger partial charge < -0.3 is 4.74 Å². The summed E-state index contributed by atoms with van der Waals surface area (Å²) in [5, 5.41) is 5.23. The van der Waals surface area contributed by atoms with Crippen molar-refractivity contribution in [3.05, 3.63) is 94.0 Å². The Bertz CT molecular complexity index is 867. The van der Waals surface area contributed by atoms with Gasteiger partial charge in [0.2, 0.25) is 0 Å². The largest absolute Gasteiger partial charge is 0.488 e. The van der Waals surface area contributed by atoms with Crippen LogP contribution in [0.5, 0.6) is 5.75 Å². The lowest BCUT2D eigenvalue weighted by molar-refractivity contribution is 0.306. The Hall–Kier alpha value is -2.49. The van der Waals surface area contributed by atoms with Crippen molar-refractivity contribution >= 4 is 35.1 Å². The minimum Gasteiger partial charge on any atom is -0.488 e. The number of rotatable bonds is 6. The lowest BCUT2D eigenvalue weighted by atomic mass is 10.2. The van der Waals surface area contributed by atoms with Crippen LogP contribution in [0.1, 0.15) is 11.1 Å². The molecule has 0 amide bonds. The van der Waals surface area contributed by atoms with E-state index in [0.29, 0.717) is 16.7 Å². The molecular weight excluding hydrogens is 355 g/mol. The predicted octanol–water partition coefficient (Wildman–Crippen LogP) is 6.02. The van der Waals surface area contributed by atoms with E-state index in [9.17, 15) is 0 Å². The first-order valence-corrected chi connectivity index (χ1v) is 8.48. The SMILES string of the molecule is Clc1ccc(NN=Cc2ccccc2OCc2ccccc2)cc1Cl. The molecule has 3 aromatic carbocycles. The van der Waals surface area contributed by atoms with Gasteiger partial charge in [-0.2, -0.15) is 5.10 Å². The molecule has 0 aliphatic rings. The molecule has 3 aromatic rings. The Labute approximate surface area is 156 Å². The number of hydrazone groups is 1. The molecular formula is C20H16Cl2N2O. The molecule has 126 valence electrons. The van der Waals surface area contributed by atoms with Gasteiger partial charge in [-0.15, -0.1) is 0 Å². The highest BCUT2D eigenvalue weighted by atomic mass is 35.5. The number of hydrogen-bond donors (Lipinski definition) is 1. The third kappa shape index (κ3) is 4.99. The van der Waals surface area contributed by atoms with Crippen molar-refractivity contribution in [1.29, 1.82) is 0 Å². The van der Waals surface area contributed by atoms with Crippen molar-refractivity contribution in [1.82, 2.24) is 0 Å². The monoisotopic (exact) mass is 370 g/mol. The van der Waals surface area contributed by atoms with E-state index in [0.717, 1.165) is 22.6 Å². The maximum Gasteiger partial charge on any atom is 0.128 e. The van der Waals surface area contributed by atoms with Crippen LogP contribution in [0.2, 0.25) is 10.0 Å². The summed E-state index contributed by atoms with van der Waals surface area (Å²) in [6, 6.07) is 23.0. The van der Waals surface area contributed by atoms with Crippen molar-refractivity contribution in [2.24, 2.45) is 5.10 Å². The van der Waals surface area contributed by atoms with Gasteiger partial charge in [0.25, 0.3) is 0 Å². The topological polar surface area (TPSA) is 33.6 Å². The number of hydrogen-bond acceptors (Lipinski definition) is 3. The van der Waals surface area contributed by atoms with Gasteiger partial charge in [0.05, 0.1) is 21.9 Å². The van der Waals surface area contributed by atoms with Crippen LogP contribution >= 0.6 is 23.2 Å². The Kier molecular flexibility index (Phi) is 5.94. The molecule has 0 heterocycles. The van der Waals surface area contributed by atoms with E-state index in [1.54, 1.807) is 18.3 Å². The smallest absolute Gasteiger partial charge is 0.128 e. The Morgan fingerprint density at radius 2 is 1.64 bits per heavy atom. The third-order valence-corrected chi connectivity index (χ3v) is 4.21. The normalized spacial score (nSPS) is 10.8. The number of anilines is 1. The Morgan fingerprint density at radius 3 is 2.44 bits per heavy atom. The summed E-state index contributed by atoms with van der Waals surface area (Å²) in [5.74, 6) is 0.769.